The SMILES string of the molecule is CCCCCCCN1CC2C(C[CH]c3cccc(OC(F)(F)F)c3)C2C1. The molecule has 2 aliphatic rings. The number of halogens is 3. The zero-order valence-electron chi connectivity index (χ0n) is 15.5. The standard InChI is InChI=1S/C21H29F3NO/c1-2-3-4-5-6-12-25-14-19-18(20(19)15-25)11-10-16-8-7-9-17(13-16)26-21(22,23)24/h7-10,13,18-20H,2-6,11-12,14-15H2,1H3. The molecule has 1 aliphatic heterocycles. The van der Waals surface area contributed by atoms with Gasteiger partial charge in [-0.2, -0.15) is 0 Å². The van der Waals surface area contributed by atoms with Crippen molar-refractivity contribution in [3.8, 4) is 5.75 Å². The average molecular weight is 368 g/mol. The van der Waals surface area contributed by atoms with Gasteiger partial charge in [-0.15, -0.1) is 13.2 Å². The lowest BCUT2D eigenvalue weighted by Crippen LogP contribution is -2.25. The third-order valence-electron chi connectivity index (χ3n) is 5.74. The van der Waals surface area contributed by atoms with Gasteiger partial charge in [-0.05, 0) is 61.3 Å². The Labute approximate surface area is 154 Å². The summed E-state index contributed by atoms with van der Waals surface area (Å²) >= 11 is 0. The second-order valence-corrected chi connectivity index (χ2v) is 7.73. The van der Waals surface area contributed by atoms with E-state index in [1.807, 2.05) is 6.07 Å². The third-order valence-corrected chi connectivity index (χ3v) is 5.74. The summed E-state index contributed by atoms with van der Waals surface area (Å²) in [6, 6.07) is 6.26. The minimum Gasteiger partial charge on any atom is -0.406 e. The summed E-state index contributed by atoms with van der Waals surface area (Å²) in [6.45, 7) is 5.87. The summed E-state index contributed by atoms with van der Waals surface area (Å²) < 4.78 is 40.9. The lowest BCUT2D eigenvalue weighted by atomic mass is 10.0. The van der Waals surface area contributed by atoms with Crippen LogP contribution in [0.15, 0.2) is 24.3 Å². The molecule has 1 aliphatic carbocycles. The van der Waals surface area contributed by atoms with Gasteiger partial charge >= 0.3 is 6.36 Å². The van der Waals surface area contributed by atoms with Gasteiger partial charge in [-0.3, -0.25) is 0 Å². The molecule has 1 aromatic rings. The zero-order valence-corrected chi connectivity index (χ0v) is 15.5. The first-order valence-electron chi connectivity index (χ1n) is 9.87. The Balaban J connectivity index is 1.34. The normalized spacial score (nSPS) is 25.3. The summed E-state index contributed by atoms with van der Waals surface area (Å²) in [5.74, 6) is 2.14. The molecule has 0 bridgehead atoms. The van der Waals surface area contributed by atoms with Crippen molar-refractivity contribution in [1.82, 2.24) is 4.90 Å². The summed E-state index contributed by atoms with van der Waals surface area (Å²) in [7, 11) is 0. The Bertz CT molecular complexity index is 563. The van der Waals surface area contributed by atoms with Crippen LogP contribution in [0, 0.1) is 24.2 Å². The molecule has 26 heavy (non-hydrogen) atoms. The second-order valence-electron chi connectivity index (χ2n) is 7.73. The van der Waals surface area contributed by atoms with Crippen molar-refractivity contribution in [3.63, 3.8) is 0 Å². The highest BCUT2D eigenvalue weighted by atomic mass is 19.4. The van der Waals surface area contributed by atoms with E-state index < -0.39 is 6.36 Å². The Morgan fingerprint density at radius 2 is 1.85 bits per heavy atom. The lowest BCUT2D eigenvalue weighted by molar-refractivity contribution is -0.274. The molecule has 0 spiro atoms. The fourth-order valence-electron chi connectivity index (χ4n) is 4.32. The Morgan fingerprint density at radius 1 is 1.12 bits per heavy atom. The Morgan fingerprint density at radius 3 is 2.54 bits per heavy atom. The monoisotopic (exact) mass is 368 g/mol. The topological polar surface area (TPSA) is 12.5 Å². The van der Waals surface area contributed by atoms with Crippen LogP contribution < -0.4 is 4.74 Å². The van der Waals surface area contributed by atoms with Crippen molar-refractivity contribution >= 4 is 0 Å². The largest absolute Gasteiger partial charge is 0.573 e. The molecule has 145 valence electrons. The molecule has 0 amide bonds. The van der Waals surface area contributed by atoms with Crippen molar-refractivity contribution in [1.29, 1.82) is 0 Å². The lowest BCUT2D eigenvalue weighted by Gasteiger charge is -2.19. The van der Waals surface area contributed by atoms with Crippen LogP contribution in [0.3, 0.4) is 0 Å². The number of hydrogen-bond acceptors (Lipinski definition) is 2. The van der Waals surface area contributed by atoms with E-state index in [9.17, 15) is 13.2 Å². The van der Waals surface area contributed by atoms with Gasteiger partial charge in [-0.25, -0.2) is 0 Å². The van der Waals surface area contributed by atoms with E-state index in [0.717, 1.165) is 23.8 Å². The highest BCUT2D eigenvalue weighted by Crippen LogP contribution is 2.54. The van der Waals surface area contributed by atoms with Crippen LogP contribution >= 0.6 is 0 Å². The Hall–Kier alpha value is -1.23. The van der Waals surface area contributed by atoms with Crippen LogP contribution in [-0.2, 0) is 0 Å². The van der Waals surface area contributed by atoms with Gasteiger partial charge in [0.2, 0.25) is 0 Å². The first-order chi connectivity index (χ1) is 12.5. The van der Waals surface area contributed by atoms with Gasteiger partial charge < -0.3 is 9.64 Å². The number of rotatable bonds is 10. The molecule has 2 unspecified atom stereocenters. The molecule has 1 saturated heterocycles. The highest BCUT2D eigenvalue weighted by molar-refractivity contribution is 5.33. The number of benzene rings is 1. The van der Waals surface area contributed by atoms with E-state index in [-0.39, 0.29) is 5.75 Å². The first-order valence-corrected chi connectivity index (χ1v) is 9.87. The minimum atomic E-state index is -4.63. The summed E-state index contributed by atoms with van der Waals surface area (Å²) in [5, 5.41) is 0. The number of likely N-dealkylation sites (tertiary alicyclic amines) is 1. The fraction of sp³-hybridized carbons (Fsp3) is 0.667. The maximum atomic E-state index is 12.3. The van der Waals surface area contributed by atoms with E-state index in [1.54, 1.807) is 6.07 Å². The van der Waals surface area contributed by atoms with Crippen LogP contribution in [0.2, 0.25) is 0 Å². The van der Waals surface area contributed by atoms with Crippen molar-refractivity contribution in [2.24, 2.45) is 17.8 Å². The molecule has 1 heterocycles. The molecule has 0 aromatic heterocycles. The smallest absolute Gasteiger partial charge is 0.406 e. The first kappa shape index (κ1) is 19.5. The number of alkyl halides is 3. The van der Waals surface area contributed by atoms with E-state index in [2.05, 4.69) is 23.0 Å². The molecule has 1 radical (unpaired) electrons. The molecule has 2 atom stereocenters. The molecule has 5 heteroatoms. The fourth-order valence-corrected chi connectivity index (χ4v) is 4.32. The number of hydrogen-bond donors (Lipinski definition) is 0. The van der Waals surface area contributed by atoms with Gasteiger partial charge in [0.25, 0.3) is 0 Å². The van der Waals surface area contributed by atoms with E-state index >= 15 is 0 Å². The Kier molecular flexibility index (Phi) is 6.49. The summed E-state index contributed by atoms with van der Waals surface area (Å²) in [5.41, 5.74) is 0.810. The predicted molar refractivity (Wildman–Crippen MR) is 96.8 cm³/mol. The number of fused-ring (bicyclic) bond motifs is 1. The quantitative estimate of drug-likeness (QED) is 0.493. The van der Waals surface area contributed by atoms with Crippen LogP contribution in [0.5, 0.6) is 5.75 Å². The highest BCUT2D eigenvalue weighted by Gasteiger charge is 2.54. The van der Waals surface area contributed by atoms with Gasteiger partial charge in [-0.1, -0.05) is 44.7 Å². The van der Waals surface area contributed by atoms with Gasteiger partial charge in [0.15, 0.2) is 0 Å². The van der Waals surface area contributed by atoms with Crippen molar-refractivity contribution < 1.29 is 17.9 Å². The van der Waals surface area contributed by atoms with Crippen LogP contribution in [0.4, 0.5) is 13.2 Å². The van der Waals surface area contributed by atoms with Crippen molar-refractivity contribution in [3.05, 3.63) is 36.2 Å². The molecular formula is C21H29F3NO. The molecule has 3 rings (SSSR count). The number of nitrogens with zero attached hydrogens (tertiary/aromatic N) is 1. The van der Waals surface area contributed by atoms with Crippen LogP contribution in [-0.4, -0.2) is 30.9 Å². The zero-order chi connectivity index (χ0) is 18.6. The van der Waals surface area contributed by atoms with E-state index in [1.165, 1.54) is 63.9 Å². The van der Waals surface area contributed by atoms with E-state index in [4.69, 9.17) is 0 Å². The molecule has 0 N–H and O–H groups in total. The van der Waals surface area contributed by atoms with Crippen LogP contribution in [0.1, 0.15) is 51.0 Å². The third kappa shape index (κ3) is 5.63. The molecule has 2 nitrogen and oxygen atoms in total. The maximum Gasteiger partial charge on any atom is 0.573 e. The predicted octanol–water partition coefficient (Wildman–Crippen LogP) is 5.68. The van der Waals surface area contributed by atoms with Crippen molar-refractivity contribution in [2.45, 2.75) is 51.8 Å². The molecular weight excluding hydrogens is 339 g/mol. The molecule has 1 saturated carbocycles. The molecule has 2 fully saturated rings. The summed E-state index contributed by atoms with van der Waals surface area (Å²) in [6.07, 6.45) is 5.01. The van der Waals surface area contributed by atoms with E-state index in [0.29, 0.717) is 5.92 Å². The van der Waals surface area contributed by atoms with Gasteiger partial charge in [0, 0.05) is 13.1 Å². The number of piperidine rings is 1. The number of unbranched alkanes of at least 4 members (excludes halogenated alkanes) is 4. The maximum absolute atomic E-state index is 12.3. The minimum absolute atomic E-state index is 0.142. The second kappa shape index (κ2) is 8.64. The van der Waals surface area contributed by atoms with Crippen molar-refractivity contribution in [2.75, 3.05) is 19.6 Å². The van der Waals surface area contributed by atoms with Gasteiger partial charge in [0.1, 0.15) is 5.75 Å². The summed E-state index contributed by atoms with van der Waals surface area (Å²) in [4.78, 5) is 2.59. The van der Waals surface area contributed by atoms with Gasteiger partial charge in [0.05, 0.1) is 0 Å². The van der Waals surface area contributed by atoms with Crippen LogP contribution in [0.25, 0.3) is 0 Å². The molecule has 1 aromatic carbocycles. The number of ether oxygens (including phenoxy) is 1. The average Bonchev–Trinajstić information content (AvgIpc) is 3.03.